The van der Waals surface area contributed by atoms with Crippen molar-refractivity contribution >= 4 is 46.9 Å². The third-order valence-corrected chi connectivity index (χ3v) is 6.25. The minimum absolute atomic E-state index is 0.0154. The minimum Gasteiger partial charge on any atom is -0.361 e. The number of alkyl halides is 3. The minimum atomic E-state index is -4.68. The van der Waals surface area contributed by atoms with Crippen LogP contribution in [0.3, 0.4) is 0 Å². The van der Waals surface area contributed by atoms with Crippen molar-refractivity contribution in [3.05, 3.63) is 46.4 Å². The highest BCUT2D eigenvalue weighted by Gasteiger charge is 2.49. The van der Waals surface area contributed by atoms with Crippen LogP contribution in [0.25, 0.3) is 0 Å². The van der Waals surface area contributed by atoms with Crippen molar-refractivity contribution in [2.45, 2.75) is 25.6 Å². The largest absolute Gasteiger partial charge is 0.416 e. The third kappa shape index (κ3) is 4.08. The van der Waals surface area contributed by atoms with E-state index in [1.54, 1.807) is 0 Å². The number of nitrogens with zero attached hydrogens (tertiary/aromatic N) is 4. The Kier molecular flexibility index (Phi) is 6.01. The van der Waals surface area contributed by atoms with Gasteiger partial charge in [0.2, 0.25) is 11.8 Å². The molecule has 0 saturated carbocycles. The van der Waals surface area contributed by atoms with Crippen molar-refractivity contribution < 1.29 is 31.9 Å². The van der Waals surface area contributed by atoms with Crippen molar-refractivity contribution in [2.75, 3.05) is 34.8 Å². The van der Waals surface area contributed by atoms with Gasteiger partial charge in [-0.25, -0.2) is 9.37 Å². The van der Waals surface area contributed by atoms with Crippen LogP contribution in [0.4, 0.5) is 34.8 Å². The van der Waals surface area contributed by atoms with E-state index < -0.39 is 41.3 Å². The van der Waals surface area contributed by atoms with Crippen LogP contribution in [-0.4, -0.2) is 49.3 Å². The first-order chi connectivity index (χ1) is 15.9. The first-order valence-electron chi connectivity index (χ1n) is 10.3. The highest BCUT2D eigenvalue weighted by Crippen LogP contribution is 2.43. The maximum Gasteiger partial charge on any atom is 0.416 e. The number of likely N-dealkylation sites (N-methyl/N-ethyl adjacent to an activating group) is 1. The van der Waals surface area contributed by atoms with Gasteiger partial charge in [0.15, 0.2) is 0 Å². The number of hydrogen-bond acceptors (Lipinski definition) is 5. The molecule has 3 heterocycles. The lowest BCUT2D eigenvalue weighted by atomic mass is 9.95. The van der Waals surface area contributed by atoms with Crippen LogP contribution < -0.4 is 14.7 Å². The number of benzene rings is 1. The summed E-state index contributed by atoms with van der Waals surface area (Å²) in [6, 6.07) is 2.49. The molecule has 1 fully saturated rings. The lowest BCUT2D eigenvalue weighted by Crippen LogP contribution is -2.52. The third-order valence-electron chi connectivity index (χ3n) is 5.96. The molecular formula is C22H19ClF4N4O3. The number of carbonyl (C=O) groups excluding carboxylic acids is 3. The molecule has 0 unspecified atom stereocenters. The SMILES string of the molecule is Cc1cc(C(F)(F)F)cc(N2C(=O)C[C@@H]3CN(CC=O)c4c(Cl)cc(F)cc4N(C)C(=O)[C@H]32)n1. The second kappa shape index (κ2) is 8.53. The lowest BCUT2D eigenvalue weighted by Gasteiger charge is -2.38. The summed E-state index contributed by atoms with van der Waals surface area (Å²) in [5.41, 5.74) is -0.652. The van der Waals surface area contributed by atoms with E-state index in [0.717, 1.165) is 34.1 Å². The Balaban J connectivity index is 1.86. The van der Waals surface area contributed by atoms with Crippen LogP contribution >= 0.6 is 11.6 Å². The molecule has 1 aromatic carbocycles. The molecule has 180 valence electrons. The molecule has 2 amide bonds. The zero-order valence-corrected chi connectivity index (χ0v) is 18.8. The number of rotatable bonds is 3. The molecular weight excluding hydrogens is 480 g/mol. The summed E-state index contributed by atoms with van der Waals surface area (Å²) in [4.78, 5) is 45.6. The number of fused-ring (bicyclic) bond motifs is 2. The molecule has 34 heavy (non-hydrogen) atoms. The maximum absolute atomic E-state index is 14.2. The van der Waals surface area contributed by atoms with E-state index in [9.17, 15) is 31.9 Å². The molecule has 2 aliphatic heterocycles. The van der Waals surface area contributed by atoms with Crippen LogP contribution in [0.15, 0.2) is 24.3 Å². The molecule has 2 aliphatic rings. The zero-order chi connectivity index (χ0) is 24.9. The Morgan fingerprint density at radius 2 is 1.91 bits per heavy atom. The Morgan fingerprint density at radius 3 is 2.56 bits per heavy atom. The monoisotopic (exact) mass is 498 g/mol. The average Bonchev–Trinajstić information content (AvgIpc) is 3.05. The number of amides is 2. The predicted octanol–water partition coefficient (Wildman–Crippen LogP) is 3.60. The normalized spacial score (nSPS) is 20.7. The van der Waals surface area contributed by atoms with Gasteiger partial charge in [0.1, 0.15) is 24.0 Å². The number of halogens is 5. The first-order valence-corrected chi connectivity index (χ1v) is 10.6. The fourth-order valence-electron chi connectivity index (χ4n) is 4.55. The molecule has 0 radical (unpaired) electrons. The zero-order valence-electron chi connectivity index (χ0n) is 18.1. The number of anilines is 3. The van der Waals surface area contributed by atoms with Crippen LogP contribution in [0, 0.1) is 18.7 Å². The Morgan fingerprint density at radius 1 is 1.21 bits per heavy atom. The lowest BCUT2D eigenvalue weighted by molar-refractivity contribution is -0.137. The number of aromatic nitrogens is 1. The topological polar surface area (TPSA) is 73.8 Å². The van der Waals surface area contributed by atoms with Crippen molar-refractivity contribution in [3.63, 3.8) is 0 Å². The Hall–Kier alpha value is -3.21. The van der Waals surface area contributed by atoms with Crippen LogP contribution in [0.1, 0.15) is 17.7 Å². The Bertz CT molecular complexity index is 1190. The van der Waals surface area contributed by atoms with Crippen molar-refractivity contribution in [1.29, 1.82) is 0 Å². The molecule has 2 aromatic rings. The molecule has 4 rings (SSSR count). The van der Waals surface area contributed by atoms with Gasteiger partial charge in [0.25, 0.3) is 0 Å². The fourth-order valence-corrected chi connectivity index (χ4v) is 4.87. The molecule has 12 heteroatoms. The number of aldehydes is 1. The molecule has 1 saturated heterocycles. The van der Waals surface area contributed by atoms with Crippen LogP contribution in [0.5, 0.6) is 0 Å². The summed E-state index contributed by atoms with van der Waals surface area (Å²) in [6.07, 6.45) is -4.24. The van der Waals surface area contributed by atoms with E-state index in [2.05, 4.69) is 4.98 Å². The van der Waals surface area contributed by atoms with E-state index >= 15 is 0 Å². The van der Waals surface area contributed by atoms with Gasteiger partial charge in [-0.2, -0.15) is 13.2 Å². The molecule has 0 spiro atoms. The summed E-state index contributed by atoms with van der Waals surface area (Å²) in [6.45, 7) is 1.22. The molecule has 7 nitrogen and oxygen atoms in total. The van der Waals surface area contributed by atoms with E-state index in [1.165, 1.54) is 18.9 Å². The van der Waals surface area contributed by atoms with Gasteiger partial charge >= 0.3 is 6.18 Å². The standard InChI is InChI=1S/C22H19ClF4N4O3/c1-11-5-13(22(25,26)27)7-17(28-11)31-18(33)6-12-10-30(3-4-32)20-15(23)8-14(24)9-16(20)29(2)21(34)19(12)31/h4-5,7-9,12,19H,3,6,10H2,1-2H3/t12-,19+/m1/s1. The van der Waals surface area contributed by atoms with Crippen LogP contribution in [-0.2, 0) is 20.6 Å². The van der Waals surface area contributed by atoms with E-state index in [0.29, 0.717) is 6.29 Å². The van der Waals surface area contributed by atoms with E-state index in [-0.39, 0.29) is 47.4 Å². The molecule has 1 aromatic heterocycles. The number of pyridine rings is 1. The molecule has 0 aliphatic carbocycles. The molecule has 0 N–H and O–H groups in total. The summed E-state index contributed by atoms with van der Waals surface area (Å²) < 4.78 is 54.4. The van der Waals surface area contributed by atoms with Gasteiger partial charge in [0.05, 0.1) is 28.5 Å². The van der Waals surface area contributed by atoms with Gasteiger partial charge < -0.3 is 14.6 Å². The molecule has 2 atom stereocenters. The highest BCUT2D eigenvalue weighted by atomic mass is 35.5. The number of aryl methyl sites for hydroxylation is 1. The van der Waals surface area contributed by atoms with Gasteiger partial charge in [-0.1, -0.05) is 11.6 Å². The molecule has 0 bridgehead atoms. The predicted molar refractivity (Wildman–Crippen MR) is 116 cm³/mol. The van der Waals surface area contributed by atoms with E-state index in [4.69, 9.17) is 11.6 Å². The summed E-state index contributed by atoms with van der Waals surface area (Å²) >= 11 is 6.26. The summed E-state index contributed by atoms with van der Waals surface area (Å²) in [7, 11) is 1.35. The van der Waals surface area contributed by atoms with Crippen molar-refractivity contribution in [2.24, 2.45) is 5.92 Å². The van der Waals surface area contributed by atoms with Crippen molar-refractivity contribution in [3.8, 4) is 0 Å². The van der Waals surface area contributed by atoms with Gasteiger partial charge in [-0.05, 0) is 31.2 Å². The van der Waals surface area contributed by atoms with Crippen molar-refractivity contribution in [1.82, 2.24) is 4.98 Å². The Labute approximate surface area is 196 Å². The number of carbonyl (C=O) groups is 3. The average molecular weight is 499 g/mol. The van der Waals surface area contributed by atoms with Gasteiger partial charge in [-0.15, -0.1) is 0 Å². The first kappa shape index (κ1) is 23.9. The maximum atomic E-state index is 14.2. The number of hydrogen-bond donors (Lipinski definition) is 0. The smallest absolute Gasteiger partial charge is 0.361 e. The van der Waals surface area contributed by atoms with Gasteiger partial charge in [-0.3, -0.25) is 14.5 Å². The fraction of sp³-hybridized carbons (Fsp3) is 0.364. The second-order valence-electron chi connectivity index (χ2n) is 8.25. The second-order valence-corrected chi connectivity index (χ2v) is 8.66. The van der Waals surface area contributed by atoms with E-state index in [1.807, 2.05) is 0 Å². The quantitative estimate of drug-likeness (QED) is 0.477. The highest BCUT2D eigenvalue weighted by molar-refractivity contribution is 6.34. The van der Waals surface area contributed by atoms with Gasteiger partial charge in [0, 0.05) is 31.6 Å². The summed E-state index contributed by atoms with van der Waals surface area (Å²) in [5.74, 6) is -2.93. The summed E-state index contributed by atoms with van der Waals surface area (Å²) in [5, 5.41) is -0.0219. The van der Waals surface area contributed by atoms with Crippen LogP contribution in [0.2, 0.25) is 5.02 Å².